The second kappa shape index (κ2) is 4.37. The molecular formula is C13H18N2O2. The first-order chi connectivity index (χ1) is 7.99. The van der Waals surface area contributed by atoms with E-state index < -0.39 is 0 Å². The standard InChI is InChI=1S/C13H18N2O2/c1-8(2)7-15-12-5-4-10(9(3)14)6-11(12)13(16)17-15/h4-6,8-9H,7,14H2,1-3H3. The Morgan fingerprint density at radius 1 is 1.35 bits per heavy atom. The van der Waals surface area contributed by atoms with E-state index in [0.717, 1.165) is 11.1 Å². The molecule has 0 bridgehead atoms. The Hall–Kier alpha value is -1.55. The van der Waals surface area contributed by atoms with Crippen molar-refractivity contribution in [2.75, 3.05) is 0 Å². The van der Waals surface area contributed by atoms with Gasteiger partial charge in [-0.2, -0.15) is 0 Å². The molecule has 0 aliphatic carbocycles. The van der Waals surface area contributed by atoms with Gasteiger partial charge in [-0.3, -0.25) is 0 Å². The Labute approximate surface area is 100.0 Å². The van der Waals surface area contributed by atoms with Crippen LogP contribution < -0.4 is 11.4 Å². The lowest BCUT2D eigenvalue weighted by Gasteiger charge is -2.07. The summed E-state index contributed by atoms with van der Waals surface area (Å²) in [6.45, 7) is 6.77. The van der Waals surface area contributed by atoms with E-state index in [1.165, 1.54) is 0 Å². The maximum absolute atomic E-state index is 11.7. The largest absolute Gasteiger partial charge is 0.365 e. The summed E-state index contributed by atoms with van der Waals surface area (Å²) in [6, 6.07) is 5.59. The number of fused-ring (bicyclic) bond motifs is 1. The minimum Gasteiger partial charge on any atom is -0.335 e. The molecule has 2 aromatic rings. The molecule has 2 rings (SSSR count). The lowest BCUT2D eigenvalue weighted by molar-refractivity contribution is 0.238. The van der Waals surface area contributed by atoms with E-state index in [0.29, 0.717) is 17.8 Å². The molecule has 4 heteroatoms. The number of nitrogens with two attached hydrogens (primary N) is 1. The van der Waals surface area contributed by atoms with Crippen LogP contribution in [0.15, 0.2) is 27.5 Å². The molecule has 1 heterocycles. The maximum atomic E-state index is 11.7. The third-order valence-corrected chi connectivity index (χ3v) is 2.76. The van der Waals surface area contributed by atoms with Crippen LogP contribution in [-0.4, -0.2) is 4.74 Å². The zero-order chi connectivity index (χ0) is 12.6. The summed E-state index contributed by atoms with van der Waals surface area (Å²) in [5.74, 6) is 0.432. The highest BCUT2D eigenvalue weighted by atomic mass is 16.5. The van der Waals surface area contributed by atoms with Gasteiger partial charge in [0.15, 0.2) is 0 Å². The van der Waals surface area contributed by atoms with Crippen LogP contribution in [0.4, 0.5) is 0 Å². The number of rotatable bonds is 3. The molecule has 0 amide bonds. The molecule has 1 unspecified atom stereocenters. The number of benzene rings is 1. The molecule has 92 valence electrons. The van der Waals surface area contributed by atoms with E-state index in [4.69, 9.17) is 10.3 Å². The molecule has 0 fully saturated rings. The van der Waals surface area contributed by atoms with Gasteiger partial charge in [-0.15, -0.1) is 0 Å². The van der Waals surface area contributed by atoms with Crippen LogP contribution in [0.3, 0.4) is 0 Å². The molecule has 0 radical (unpaired) electrons. The van der Waals surface area contributed by atoms with Crippen LogP contribution in [0.1, 0.15) is 32.4 Å². The summed E-state index contributed by atoms with van der Waals surface area (Å²) >= 11 is 0. The molecule has 0 aliphatic heterocycles. The van der Waals surface area contributed by atoms with Crippen LogP contribution in [0, 0.1) is 5.92 Å². The first kappa shape index (κ1) is 11.9. The molecule has 1 atom stereocenters. The summed E-state index contributed by atoms with van der Waals surface area (Å²) in [5, 5.41) is 0.612. The zero-order valence-corrected chi connectivity index (χ0v) is 10.4. The Balaban J connectivity index is 2.57. The van der Waals surface area contributed by atoms with Crippen molar-refractivity contribution in [1.29, 1.82) is 0 Å². The van der Waals surface area contributed by atoms with Crippen LogP contribution in [0.5, 0.6) is 0 Å². The highest BCUT2D eigenvalue weighted by Gasteiger charge is 2.11. The third-order valence-electron chi connectivity index (χ3n) is 2.76. The molecule has 2 N–H and O–H groups in total. The fourth-order valence-corrected chi connectivity index (χ4v) is 1.88. The van der Waals surface area contributed by atoms with Gasteiger partial charge < -0.3 is 10.3 Å². The van der Waals surface area contributed by atoms with Gasteiger partial charge in [0.2, 0.25) is 0 Å². The average Bonchev–Trinajstić information content (AvgIpc) is 2.54. The second-order valence-corrected chi connectivity index (χ2v) is 4.90. The lowest BCUT2D eigenvalue weighted by Crippen LogP contribution is -2.05. The molecule has 0 aliphatic rings. The minimum absolute atomic E-state index is 0.0766. The van der Waals surface area contributed by atoms with Crippen LogP contribution >= 0.6 is 0 Å². The summed E-state index contributed by atoms with van der Waals surface area (Å²) in [6.07, 6.45) is 0. The van der Waals surface area contributed by atoms with E-state index in [1.54, 1.807) is 4.74 Å². The Bertz CT molecular complexity index is 579. The van der Waals surface area contributed by atoms with Crippen molar-refractivity contribution >= 4 is 10.9 Å². The summed E-state index contributed by atoms with van der Waals surface area (Å²) in [5.41, 5.74) is 7.31. The zero-order valence-electron chi connectivity index (χ0n) is 10.4. The molecule has 0 saturated carbocycles. The van der Waals surface area contributed by atoms with Gasteiger partial charge in [0.1, 0.15) is 0 Å². The van der Waals surface area contributed by atoms with Gasteiger partial charge >= 0.3 is 5.63 Å². The molecule has 1 aromatic carbocycles. The predicted molar refractivity (Wildman–Crippen MR) is 67.9 cm³/mol. The first-order valence-corrected chi connectivity index (χ1v) is 5.88. The SMILES string of the molecule is CC(C)Cn1oc(=O)c2cc(C(C)N)ccc21. The van der Waals surface area contributed by atoms with E-state index in [1.807, 2.05) is 25.1 Å². The Kier molecular flexibility index (Phi) is 3.07. The highest BCUT2D eigenvalue weighted by molar-refractivity contribution is 5.78. The lowest BCUT2D eigenvalue weighted by atomic mass is 10.1. The smallest absolute Gasteiger partial charge is 0.335 e. The Morgan fingerprint density at radius 3 is 2.65 bits per heavy atom. The molecule has 17 heavy (non-hydrogen) atoms. The second-order valence-electron chi connectivity index (χ2n) is 4.90. The topological polar surface area (TPSA) is 61.2 Å². The van der Waals surface area contributed by atoms with Crippen LogP contribution in [0.25, 0.3) is 10.9 Å². The van der Waals surface area contributed by atoms with Gasteiger partial charge in [0, 0.05) is 6.04 Å². The number of hydrogen-bond acceptors (Lipinski definition) is 3. The summed E-state index contributed by atoms with van der Waals surface area (Å²) in [7, 11) is 0. The minimum atomic E-state index is -0.289. The highest BCUT2D eigenvalue weighted by Crippen LogP contribution is 2.18. The van der Waals surface area contributed by atoms with E-state index in [9.17, 15) is 4.79 Å². The van der Waals surface area contributed by atoms with Gasteiger partial charge in [-0.05, 0) is 30.5 Å². The van der Waals surface area contributed by atoms with Gasteiger partial charge in [-0.25, -0.2) is 9.53 Å². The van der Waals surface area contributed by atoms with E-state index >= 15 is 0 Å². The van der Waals surface area contributed by atoms with Gasteiger partial charge in [0.05, 0.1) is 17.4 Å². The summed E-state index contributed by atoms with van der Waals surface area (Å²) in [4.78, 5) is 11.7. The maximum Gasteiger partial charge on any atom is 0.365 e. The van der Waals surface area contributed by atoms with Crippen molar-refractivity contribution < 1.29 is 4.52 Å². The van der Waals surface area contributed by atoms with Crippen LogP contribution in [-0.2, 0) is 6.54 Å². The average molecular weight is 234 g/mol. The number of hydrogen-bond donors (Lipinski definition) is 1. The fourth-order valence-electron chi connectivity index (χ4n) is 1.88. The van der Waals surface area contributed by atoms with Crippen molar-refractivity contribution in [3.63, 3.8) is 0 Å². The molecule has 4 nitrogen and oxygen atoms in total. The summed E-state index contributed by atoms with van der Waals surface area (Å²) < 4.78 is 6.89. The third kappa shape index (κ3) is 2.26. The van der Waals surface area contributed by atoms with E-state index in [-0.39, 0.29) is 11.7 Å². The quantitative estimate of drug-likeness (QED) is 0.886. The molecule has 0 saturated heterocycles. The number of nitrogens with zero attached hydrogens (tertiary/aromatic N) is 1. The van der Waals surface area contributed by atoms with Crippen molar-refractivity contribution in [1.82, 2.24) is 4.74 Å². The molecule has 1 aromatic heterocycles. The van der Waals surface area contributed by atoms with Crippen molar-refractivity contribution in [3.8, 4) is 0 Å². The monoisotopic (exact) mass is 234 g/mol. The van der Waals surface area contributed by atoms with Gasteiger partial charge in [0.25, 0.3) is 0 Å². The van der Waals surface area contributed by atoms with E-state index in [2.05, 4.69) is 13.8 Å². The fraction of sp³-hybridized carbons (Fsp3) is 0.462. The normalized spacial score (nSPS) is 13.5. The molecule has 0 spiro atoms. The van der Waals surface area contributed by atoms with Crippen LogP contribution in [0.2, 0.25) is 0 Å². The van der Waals surface area contributed by atoms with Crippen molar-refractivity contribution in [3.05, 3.63) is 34.2 Å². The predicted octanol–water partition coefficient (Wildman–Crippen LogP) is 2.27. The first-order valence-electron chi connectivity index (χ1n) is 5.88. The number of aromatic nitrogens is 1. The van der Waals surface area contributed by atoms with Crippen molar-refractivity contribution in [2.45, 2.75) is 33.4 Å². The van der Waals surface area contributed by atoms with Crippen molar-refractivity contribution in [2.24, 2.45) is 11.7 Å². The Morgan fingerprint density at radius 2 is 2.06 bits per heavy atom. The molecular weight excluding hydrogens is 216 g/mol. The van der Waals surface area contributed by atoms with Gasteiger partial charge in [-0.1, -0.05) is 19.9 Å².